The minimum atomic E-state index is -0.265. The highest BCUT2D eigenvalue weighted by atomic mass is 32.2. The SMILES string of the molecule is CN=C(NCCSc1ccccc1)NCCc1cc(F)cc2c1OCOC2. The zero-order valence-corrected chi connectivity index (χ0v) is 16.2. The lowest BCUT2D eigenvalue weighted by Crippen LogP contribution is -2.39. The Balaban J connectivity index is 1.43. The molecule has 144 valence electrons. The van der Waals surface area contributed by atoms with Crippen molar-refractivity contribution in [3.05, 3.63) is 59.4 Å². The van der Waals surface area contributed by atoms with E-state index in [1.807, 2.05) is 18.2 Å². The van der Waals surface area contributed by atoms with Gasteiger partial charge in [0.05, 0.1) is 6.61 Å². The highest BCUT2D eigenvalue weighted by molar-refractivity contribution is 7.99. The Bertz CT molecular complexity index is 771. The first-order valence-electron chi connectivity index (χ1n) is 8.90. The third-order valence-electron chi connectivity index (χ3n) is 4.07. The van der Waals surface area contributed by atoms with E-state index in [1.165, 1.54) is 17.0 Å². The van der Waals surface area contributed by atoms with Gasteiger partial charge in [-0.25, -0.2) is 4.39 Å². The Morgan fingerprint density at radius 1 is 1.19 bits per heavy atom. The molecular formula is C20H24FN3O2S. The van der Waals surface area contributed by atoms with Crippen LogP contribution in [-0.4, -0.2) is 38.6 Å². The quantitative estimate of drug-likeness (QED) is 0.330. The lowest BCUT2D eigenvalue weighted by molar-refractivity contribution is -0.0172. The van der Waals surface area contributed by atoms with Crippen molar-refractivity contribution in [3.8, 4) is 5.75 Å². The van der Waals surface area contributed by atoms with E-state index < -0.39 is 0 Å². The van der Waals surface area contributed by atoms with Crippen molar-refractivity contribution in [3.63, 3.8) is 0 Å². The number of halogens is 1. The van der Waals surface area contributed by atoms with Gasteiger partial charge in [-0.1, -0.05) is 18.2 Å². The molecule has 0 saturated carbocycles. The van der Waals surface area contributed by atoms with Gasteiger partial charge in [0.15, 0.2) is 12.8 Å². The van der Waals surface area contributed by atoms with Crippen LogP contribution in [0.15, 0.2) is 52.4 Å². The van der Waals surface area contributed by atoms with Crippen LogP contribution in [0, 0.1) is 5.82 Å². The molecule has 2 aromatic carbocycles. The molecule has 1 heterocycles. The van der Waals surface area contributed by atoms with Crippen molar-refractivity contribution in [2.75, 3.05) is 32.7 Å². The summed E-state index contributed by atoms with van der Waals surface area (Å²) in [6.45, 7) is 2.03. The summed E-state index contributed by atoms with van der Waals surface area (Å²) in [5.41, 5.74) is 1.60. The summed E-state index contributed by atoms with van der Waals surface area (Å²) < 4.78 is 24.5. The fraction of sp³-hybridized carbons (Fsp3) is 0.350. The van der Waals surface area contributed by atoms with Crippen LogP contribution < -0.4 is 15.4 Å². The Labute approximate surface area is 163 Å². The molecule has 7 heteroatoms. The average molecular weight is 389 g/mol. The fourth-order valence-electron chi connectivity index (χ4n) is 2.83. The van der Waals surface area contributed by atoms with Crippen LogP contribution in [0.1, 0.15) is 11.1 Å². The number of hydrogen-bond acceptors (Lipinski definition) is 4. The number of hydrogen-bond donors (Lipinski definition) is 2. The summed E-state index contributed by atoms with van der Waals surface area (Å²) in [5.74, 6) is 2.15. The van der Waals surface area contributed by atoms with Crippen molar-refractivity contribution in [1.82, 2.24) is 10.6 Å². The van der Waals surface area contributed by atoms with Gasteiger partial charge < -0.3 is 20.1 Å². The predicted octanol–water partition coefficient (Wildman–Crippen LogP) is 3.19. The molecule has 0 atom stereocenters. The largest absolute Gasteiger partial charge is 0.467 e. The number of fused-ring (bicyclic) bond motifs is 1. The average Bonchev–Trinajstić information content (AvgIpc) is 2.70. The number of ether oxygens (including phenoxy) is 2. The lowest BCUT2D eigenvalue weighted by atomic mass is 10.1. The maximum Gasteiger partial charge on any atom is 0.191 e. The molecule has 0 saturated heterocycles. The second-order valence-electron chi connectivity index (χ2n) is 6.00. The molecule has 0 fully saturated rings. The van der Waals surface area contributed by atoms with E-state index in [2.05, 4.69) is 27.8 Å². The Morgan fingerprint density at radius 2 is 2.00 bits per heavy atom. The summed E-state index contributed by atoms with van der Waals surface area (Å²) in [6, 6.07) is 13.3. The zero-order chi connectivity index (χ0) is 18.9. The van der Waals surface area contributed by atoms with Crippen LogP contribution in [0.5, 0.6) is 5.75 Å². The third-order valence-corrected chi connectivity index (χ3v) is 5.08. The maximum absolute atomic E-state index is 13.8. The third kappa shape index (κ3) is 5.87. The number of thioether (sulfide) groups is 1. The zero-order valence-electron chi connectivity index (χ0n) is 15.3. The molecule has 0 radical (unpaired) electrons. The first-order chi connectivity index (χ1) is 13.3. The van der Waals surface area contributed by atoms with Crippen molar-refractivity contribution in [2.45, 2.75) is 17.9 Å². The second-order valence-corrected chi connectivity index (χ2v) is 7.17. The van der Waals surface area contributed by atoms with Crippen LogP contribution in [0.25, 0.3) is 0 Å². The summed E-state index contributed by atoms with van der Waals surface area (Å²) in [6.07, 6.45) is 0.638. The van der Waals surface area contributed by atoms with Crippen molar-refractivity contribution in [1.29, 1.82) is 0 Å². The molecule has 3 rings (SSSR count). The fourth-order valence-corrected chi connectivity index (χ4v) is 3.62. The van der Waals surface area contributed by atoms with E-state index in [-0.39, 0.29) is 12.6 Å². The molecule has 1 aliphatic heterocycles. The van der Waals surface area contributed by atoms with Gasteiger partial charge in [-0.3, -0.25) is 4.99 Å². The lowest BCUT2D eigenvalue weighted by Gasteiger charge is -2.21. The van der Waals surface area contributed by atoms with Crippen LogP contribution in [0.2, 0.25) is 0 Å². The highest BCUT2D eigenvalue weighted by Gasteiger charge is 2.16. The Kier molecular flexibility index (Phi) is 7.36. The number of aliphatic imine (C=N–C) groups is 1. The van der Waals surface area contributed by atoms with E-state index in [1.54, 1.807) is 18.8 Å². The van der Waals surface area contributed by atoms with E-state index in [4.69, 9.17) is 9.47 Å². The molecule has 0 unspecified atom stereocenters. The minimum Gasteiger partial charge on any atom is -0.467 e. The van der Waals surface area contributed by atoms with Crippen molar-refractivity contribution < 1.29 is 13.9 Å². The molecule has 0 aliphatic carbocycles. The molecule has 0 bridgehead atoms. The van der Waals surface area contributed by atoms with Crippen molar-refractivity contribution >= 4 is 17.7 Å². The molecule has 0 spiro atoms. The molecule has 0 amide bonds. The topological polar surface area (TPSA) is 54.9 Å². The molecule has 2 N–H and O–H groups in total. The maximum atomic E-state index is 13.8. The van der Waals surface area contributed by atoms with E-state index in [9.17, 15) is 4.39 Å². The van der Waals surface area contributed by atoms with E-state index in [0.717, 1.165) is 35.1 Å². The first-order valence-corrected chi connectivity index (χ1v) is 9.89. The van der Waals surface area contributed by atoms with E-state index in [0.29, 0.717) is 19.6 Å². The van der Waals surface area contributed by atoms with Crippen LogP contribution in [-0.2, 0) is 17.8 Å². The van der Waals surface area contributed by atoms with Gasteiger partial charge in [-0.05, 0) is 36.2 Å². The Morgan fingerprint density at radius 3 is 2.81 bits per heavy atom. The molecule has 5 nitrogen and oxygen atoms in total. The normalized spacial score (nSPS) is 13.6. The van der Waals surface area contributed by atoms with Gasteiger partial charge in [0, 0.05) is 36.3 Å². The molecule has 0 aromatic heterocycles. The van der Waals surface area contributed by atoms with Gasteiger partial charge in [-0.2, -0.15) is 0 Å². The van der Waals surface area contributed by atoms with Crippen LogP contribution in [0.4, 0.5) is 4.39 Å². The van der Waals surface area contributed by atoms with Crippen LogP contribution >= 0.6 is 11.8 Å². The van der Waals surface area contributed by atoms with Gasteiger partial charge in [0.2, 0.25) is 0 Å². The number of nitrogens with one attached hydrogen (secondary N) is 2. The van der Waals surface area contributed by atoms with Gasteiger partial charge in [0.1, 0.15) is 11.6 Å². The molecule has 2 aromatic rings. The highest BCUT2D eigenvalue weighted by Crippen LogP contribution is 2.29. The number of benzene rings is 2. The van der Waals surface area contributed by atoms with Crippen LogP contribution in [0.3, 0.4) is 0 Å². The molecular weight excluding hydrogens is 365 g/mol. The molecule has 1 aliphatic rings. The van der Waals surface area contributed by atoms with Gasteiger partial charge >= 0.3 is 0 Å². The monoisotopic (exact) mass is 389 g/mol. The smallest absolute Gasteiger partial charge is 0.191 e. The predicted molar refractivity (Wildman–Crippen MR) is 107 cm³/mol. The van der Waals surface area contributed by atoms with Gasteiger partial charge in [-0.15, -0.1) is 11.8 Å². The summed E-state index contributed by atoms with van der Waals surface area (Å²) in [5, 5.41) is 6.56. The number of nitrogens with zero attached hydrogens (tertiary/aromatic N) is 1. The van der Waals surface area contributed by atoms with Gasteiger partial charge in [0.25, 0.3) is 0 Å². The Hall–Kier alpha value is -2.25. The van der Waals surface area contributed by atoms with Crippen molar-refractivity contribution in [2.24, 2.45) is 4.99 Å². The summed E-state index contributed by atoms with van der Waals surface area (Å²) in [7, 11) is 1.74. The number of guanidine groups is 1. The first kappa shape index (κ1) is 19.5. The number of rotatable bonds is 7. The minimum absolute atomic E-state index is 0.210. The standard InChI is InChI=1S/C20H24FN3O2S/c1-22-20(24-9-10-27-18-5-3-2-4-6-18)23-8-7-15-11-17(21)12-16-13-25-14-26-19(15)16/h2-6,11-12H,7-10,13-14H2,1H3,(H2,22,23,24). The molecule has 27 heavy (non-hydrogen) atoms. The van der Waals surface area contributed by atoms with E-state index >= 15 is 0 Å². The summed E-state index contributed by atoms with van der Waals surface area (Å²) in [4.78, 5) is 5.48. The summed E-state index contributed by atoms with van der Waals surface area (Å²) >= 11 is 1.80. The second kappa shape index (κ2) is 10.2.